The van der Waals surface area contributed by atoms with Crippen LogP contribution < -0.4 is 10.1 Å². The van der Waals surface area contributed by atoms with Gasteiger partial charge in [0.25, 0.3) is 0 Å². The van der Waals surface area contributed by atoms with E-state index in [2.05, 4.69) is 48.6 Å². The Hall–Kier alpha value is -1.80. The zero-order valence-corrected chi connectivity index (χ0v) is 12.6. The number of rotatable bonds is 6. The largest absolute Gasteiger partial charge is 0.497 e. The maximum Gasteiger partial charge on any atom is 0.119 e. The maximum absolute atomic E-state index is 5.33. The standard InChI is InChI=1S/C18H23NO/c1-4-6-14-7-5-8-15(11-14)18-10-9-17(20-3)12-16(18)13-19-2/h5,7-12,19H,4,6,13H2,1-3H3. The van der Waals surface area contributed by atoms with E-state index in [-0.39, 0.29) is 0 Å². The minimum absolute atomic E-state index is 0.838. The van der Waals surface area contributed by atoms with Gasteiger partial charge in [-0.3, -0.25) is 0 Å². The van der Waals surface area contributed by atoms with E-state index in [1.54, 1.807) is 7.11 Å². The summed E-state index contributed by atoms with van der Waals surface area (Å²) in [5.74, 6) is 0.906. The zero-order chi connectivity index (χ0) is 14.4. The summed E-state index contributed by atoms with van der Waals surface area (Å²) in [6.07, 6.45) is 2.31. The molecular formula is C18H23NO. The molecule has 2 aromatic rings. The second-order valence-corrected chi connectivity index (χ2v) is 5.00. The topological polar surface area (TPSA) is 21.3 Å². The molecule has 2 heteroatoms. The molecule has 0 radical (unpaired) electrons. The molecular weight excluding hydrogens is 246 g/mol. The van der Waals surface area contributed by atoms with Crippen molar-refractivity contribution in [3.8, 4) is 16.9 Å². The summed E-state index contributed by atoms with van der Waals surface area (Å²) in [4.78, 5) is 0. The molecule has 0 bridgehead atoms. The van der Waals surface area contributed by atoms with Crippen molar-refractivity contribution in [3.63, 3.8) is 0 Å². The van der Waals surface area contributed by atoms with Gasteiger partial charge in [0, 0.05) is 6.54 Å². The molecule has 0 aromatic heterocycles. The first kappa shape index (κ1) is 14.6. The first-order valence-electron chi connectivity index (χ1n) is 7.19. The lowest BCUT2D eigenvalue weighted by Gasteiger charge is -2.12. The normalized spacial score (nSPS) is 10.6. The molecule has 0 amide bonds. The first-order valence-corrected chi connectivity index (χ1v) is 7.19. The predicted molar refractivity (Wildman–Crippen MR) is 85.2 cm³/mol. The van der Waals surface area contributed by atoms with E-state index in [1.807, 2.05) is 13.1 Å². The second kappa shape index (κ2) is 7.11. The van der Waals surface area contributed by atoms with Gasteiger partial charge in [-0.1, -0.05) is 43.7 Å². The van der Waals surface area contributed by atoms with Crippen molar-refractivity contribution in [2.75, 3.05) is 14.2 Å². The summed E-state index contributed by atoms with van der Waals surface area (Å²) in [5, 5.41) is 3.23. The monoisotopic (exact) mass is 269 g/mol. The van der Waals surface area contributed by atoms with Crippen LogP contribution in [0.2, 0.25) is 0 Å². The highest BCUT2D eigenvalue weighted by atomic mass is 16.5. The lowest BCUT2D eigenvalue weighted by atomic mass is 9.96. The van der Waals surface area contributed by atoms with Gasteiger partial charge in [0.15, 0.2) is 0 Å². The summed E-state index contributed by atoms with van der Waals surface area (Å²) in [5.41, 5.74) is 5.22. The van der Waals surface area contributed by atoms with Crippen molar-refractivity contribution in [1.29, 1.82) is 0 Å². The Kier molecular flexibility index (Phi) is 5.19. The fourth-order valence-corrected chi connectivity index (χ4v) is 2.50. The molecule has 0 saturated heterocycles. The molecule has 0 saturated carbocycles. The molecule has 2 aromatic carbocycles. The number of nitrogens with one attached hydrogen (secondary N) is 1. The smallest absolute Gasteiger partial charge is 0.119 e. The van der Waals surface area contributed by atoms with Crippen LogP contribution in [0.3, 0.4) is 0 Å². The molecule has 0 fully saturated rings. The van der Waals surface area contributed by atoms with Crippen molar-refractivity contribution >= 4 is 0 Å². The minimum Gasteiger partial charge on any atom is -0.497 e. The van der Waals surface area contributed by atoms with Crippen molar-refractivity contribution in [2.45, 2.75) is 26.3 Å². The Balaban J connectivity index is 2.42. The molecule has 0 atom stereocenters. The van der Waals surface area contributed by atoms with E-state index in [0.717, 1.165) is 18.7 Å². The quantitative estimate of drug-likeness (QED) is 0.854. The zero-order valence-electron chi connectivity index (χ0n) is 12.6. The van der Waals surface area contributed by atoms with Crippen LogP contribution in [0.5, 0.6) is 5.75 Å². The van der Waals surface area contributed by atoms with E-state index in [1.165, 1.54) is 28.7 Å². The van der Waals surface area contributed by atoms with Crippen LogP contribution in [0, 0.1) is 0 Å². The van der Waals surface area contributed by atoms with E-state index in [0.29, 0.717) is 0 Å². The summed E-state index contributed by atoms with van der Waals surface area (Å²) < 4.78 is 5.33. The van der Waals surface area contributed by atoms with Gasteiger partial charge >= 0.3 is 0 Å². The molecule has 20 heavy (non-hydrogen) atoms. The Labute approximate surface area is 121 Å². The third-order valence-corrected chi connectivity index (χ3v) is 3.46. The van der Waals surface area contributed by atoms with Crippen molar-refractivity contribution in [1.82, 2.24) is 5.32 Å². The predicted octanol–water partition coefficient (Wildman–Crippen LogP) is 4.03. The molecule has 0 aliphatic carbocycles. The summed E-state index contributed by atoms with van der Waals surface area (Å²) in [6.45, 7) is 3.05. The molecule has 2 rings (SSSR count). The van der Waals surface area contributed by atoms with Crippen LogP contribution in [0.4, 0.5) is 0 Å². The van der Waals surface area contributed by atoms with Gasteiger partial charge in [0.1, 0.15) is 5.75 Å². The average Bonchev–Trinajstić information content (AvgIpc) is 2.48. The number of ether oxygens (including phenoxy) is 1. The van der Waals surface area contributed by atoms with Crippen LogP contribution in [0.15, 0.2) is 42.5 Å². The van der Waals surface area contributed by atoms with Gasteiger partial charge in [-0.2, -0.15) is 0 Å². The fourth-order valence-electron chi connectivity index (χ4n) is 2.50. The van der Waals surface area contributed by atoms with Gasteiger partial charge in [0.05, 0.1) is 7.11 Å². The van der Waals surface area contributed by atoms with E-state index in [4.69, 9.17) is 4.74 Å². The van der Waals surface area contributed by atoms with Crippen LogP contribution in [0.1, 0.15) is 24.5 Å². The highest BCUT2D eigenvalue weighted by Crippen LogP contribution is 2.28. The lowest BCUT2D eigenvalue weighted by molar-refractivity contribution is 0.414. The second-order valence-electron chi connectivity index (χ2n) is 5.00. The number of methoxy groups -OCH3 is 1. The molecule has 0 heterocycles. The van der Waals surface area contributed by atoms with Gasteiger partial charge < -0.3 is 10.1 Å². The van der Waals surface area contributed by atoms with Crippen LogP contribution >= 0.6 is 0 Å². The molecule has 0 aliphatic rings. The van der Waals surface area contributed by atoms with E-state index >= 15 is 0 Å². The van der Waals surface area contributed by atoms with Crippen molar-refractivity contribution in [2.24, 2.45) is 0 Å². The van der Waals surface area contributed by atoms with Gasteiger partial charge in [-0.25, -0.2) is 0 Å². The van der Waals surface area contributed by atoms with Crippen molar-refractivity contribution in [3.05, 3.63) is 53.6 Å². The van der Waals surface area contributed by atoms with Gasteiger partial charge in [-0.15, -0.1) is 0 Å². The third kappa shape index (κ3) is 3.40. The number of benzene rings is 2. The van der Waals surface area contributed by atoms with Crippen LogP contribution in [-0.2, 0) is 13.0 Å². The summed E-state index contributed by atoms with van der Waals surface area (Å²) >= 11 is 0. The first-order chi connectivity index (χ1) is 9.78. The van der Waals surface area contributed by atoms with E-state index in [9.17, 15) is 0 Å². The highest BCUT2D eigenvalue weighted by Gasteiger charge is 2.07. The SMILES string of the molecule is CCCc1cccc(-c2ccc(OC)cc2CNC)c1. The summed E-state index contributed by atoms with van der Waals surface area (Å²) in [6, 6.07) is 15.1. The molecule has 0 spiro atoms. The molecule has 1 N–H and O–H groups in total. The number of aryl methyl sites for hydroxylation is 1. The highest BCUT2D eigenvalue weighted by molar-refractivity contribution is 5.69. The Morgan fingerprint density at radius 1 is 1.10 bits per heavy atom. The fraction of sp³-hybridized carbons (Fsp3) is 0.333. The van der Waals surface area contributed by atoms with Gasteiger partial charge in [0.2, 0.25) is 0 Å². The number of hydrogen-bond acceptors (Lipinski definition) is 2. The Morgan fingerprint density at radius 2 is 1.95 bits per heavy atom. The van der Waals surface area contributed by atoms with Crippen LogP contribution in [0.25, 0.3) is 11.1 Å². The van der Waals surface area contributed by atoms with E-state index < -0.39 is 0 Å². The molecule has 106 valence electrons. The van der Waals surface area contributed by atoms with Gasteiger partial charge in [-0.05, 0) is 47.9 Å². The van der Waals surface area contributed by atoms with Crippen molar-refractivity contribution < 1.29 is 4.74 Å². The lowest BCUT2D eigenvalue weighted by Crippen LogP contribution is -2.06. The number of hydrogen-bond donors (Lipinski definition) is 1. The molecule has 0 aliphatic heterocycles. The Bertz CT molecular complexity index is 563. The average molecular weight is 269 g/mol. The molecule has 2 nitrogen and oxygen atoms in total. The van der Waals surface area contributed by atoms with Crippen LogP contribution in [-0.4, -0.2) is 14.2 Å². The Morgan fingerprint density at radius 3 is 2.65 bits per heavy atom. The minimum atomic E-state index is 0.838. The molecule has 0 unspecified atom stereocenters. The maximum atomic E-state index is 5.33. The third-order valence-electron chi connectivity index (χ3n) is 3.46. The summed E-state index contributed by atoms with van der Waals surface area (Å²) in [7, 11) is 3.68.